The van der Waals surface area contributed by atoms with Crippen LogP contribution in [0.2, 0.25) is 0 Å². The van der Waals surface area contributed by atoms with Gasteiger partial charge in [0.15, 0.2) is 5.82 Å². The molecule has 0 atom stereocenters. The lowest BCUT2D eigenvalue weighted by Crippen LogP contribution is -2.24. The summed E-state index contributed by atoms with van der Waals surface area (Å²) in [7, 11) is 0. The molecule has 0 bridgehead atoms. The van der Waals surface area contributed by atoms with Crippen molar-refractivity contribution in [1.82, 2.24) is 9.55 Å². The minimum Gasteiger partial charge on any atom is -0.361 e. The summed E-state index contributed by atoms with van der Waals surface area (Å²) in [6.45, 7) is 3.43. The van der Waals surface area contributed by atoms with Crippen molar-refractivity contribution in [3.63, 3.8) is 0 Å². The molecule has 0 aliphatic carbocycles. The van der Waals surface area contributed by atoms with Gasteiger partial charge in [0.05, 0.1) is 6.54 Å². The topological polar surface area (TPSA) is 46.9 Å². The monoisotopic (exact) mass is 249 g/mol. The Morgan fingerprint density at radius 3 is 3.12 bits per heavy atom. The quantitative estimate of drug-likeness (QED) is 0.884. The molecule has 2 heterocycles. The van der Waals surface area contributed by atoms with Gasteiger partial charge in [-0.15, -0.1) is 11.3 Å². The highest BCUT2D eigenvalue weighted by molar-refractivity contribution is 7.09. The molecule has 2 rings (SSSR count). The van der Waals surface area contributed by atoms with Crippen LogP contribution in [0.25, 0.3) is 0 Å². The normalized spacial score (nSPS) is 10.4. The molecule has 0 saturated carbocycles. The van der Waals surface area contributed by atoms with E-state index in [0.717, 1.165) is 13.0 Å². The van der Waals surface area contributed by atoms with Crippen molar-refractivity contribution in [2.75, 3.05) is 5.32 Å². The van der Waals surface area contributed by atoms with Crippen LogP contribution < -0.4 is 10.9 Å². The highest BCUT2D eigenvalue weighted by Crippen LogP contribution is 2.09. The minimum atomic E-state index is -0.0501. The summed E-state index contributed by atoms with van der Waals surface area (Å²) in [5, 5.41) is 5.10. The molecule has 0 fully saturated rings. The van der Waals surface area contributed by atoms with Crippen molar-refractivity contribution < 1.29 is 0 Å². The summed E-state index contributed by atoms with van der Waals surface area (Å²) in [6.07, 6.45) is 4.32. The molecule has 2 aromatic rings. The van der Waals surface area contributed by atoms with Gasteiger partial charge in [-0.25, -0.2) is 4.98 Å². The molecule has 90 valence electrons. The lowest BCUT2D eigenvalue weighted by atomic mass is 10.4. The van der Waals surface area contributed by atoms with Crippen molar-refractivity contribution in [3.8, 4) is 0 Å². The predicted octanol–water partition coefficient (Wildman–Crippen LogP) is 2.33. The van der Waals surface area contributed by atoms with Gasteiger partial charge in [0.1, 0.15) is 0 Å². The maximum atomic E-state index is 12.0. The molecular weight excluding hydrogens is 234 g/mol. The fourth-order valence-corrected chi connectivity index (χ4v) is 2.21. The molecule has 4 nitrogen and oxygen atoms in total. The third-order valence-corrected chi connectivity index (χ3v) is 3.26. The van der Waals surface area contributed by atoms with Crippen LogP contribution in [0.4, 0.5) is 5.82 Å². The molecule has 17 heavy (non-hydrogen) atoms. The Kier molecular flexibility index (Phi) is 3.93. The Morgan fingerprint density at radius 1 is 1.53 bits per heavy atom. The van der Waals surface area contributed by atoms with E-state index < -0.39 is 0 Å². The Morgan fingerprint density at radius 2 is 2.41 bits per heavy atom. The first-order valence-corrected chi connectivity index (χ1v) is 6.51. The lowest BCUT2D eigenvalue weighted by molar-refractivity contribution is 0.649. The van der Waals surface area contributed by atoms with Crippen molar-refractivity contribution in [2.24, 2.45) is 0 Å². The molecule has 0 spiro atoms. The Balaban J connectivity index is 2.10. The summed E-state index contributed by atoms with van der Waals surface area (Å²) in [5.41, 5.74) is -0.0501. The van der Waals surface area contributed by atoms with Crippen LogP contribution in [0.15, 0.2) is 34.7 Å². The van der Waals surface area contributed by atoms with Gasteiger partial charge in [-0.05, 0) is 17.9 Å². The maximum absolute atomic E-state index is 12.0. The summed E-state index contributed by atoms with van der Waals surface area (Å²) >= 11 is 1.66. The number of nitrogens with zero attached hydrogens (tertiary/aromatic N) is 2. The van der Waals surface area contributed by atoms with Gasteiger partial charge >= 0.3 is 0 Å². The summed E-state index contributed by atoms with van der Waals surface area (Å²) in [6, 6.07) is 4.03. The molecule has 0 aliphatic rings. The Bertz CT molecular complexity index is 519. The van der Waals surface area contributed by atoms with E-state index in [-0.39, 0.29) is 5.56 Å². The Labute approximate surface area is 104 Å². The van der Waals surface area contributed by atoms with E-state index in [0.29, 0.717) is 12.4 Å². The number of anilines is 1. The number of thiophene rings is 1. The number of aryl methyl sites for hydroxylation is 1. The van der Waals surface area contributed by atoms with Crippen molar-refractivity contribution in [1.29, 1.82) is 0 Å². The van der Waals surface area contributed by atoms with E-state index in [1.54, 1.807) is 28.3 Å². The van der Waals surface area contributed by atoms with Gasteiger partial charge in [-0.1, -0.05) is 13.0 Å². The van der Waals surface area contributed by atoms with Crippen LogP contribution in [-0.4, -0.2) is 9.55 Å². The average molecular weight is 249 g/mol. The van der Waals surface area contributed by atoms with E-state index in [4.69, 9.17) is 0 Å². The fraction of sp³-hybridized carbons (Fsp3) is 0.333. The molecular formula is C12H15N3OS. The zero-order chi connectivity index (χ0) is 12.1. The van der Waals surface area contributed by atoms with E-state index in [2.05, 4.69) is 10.3 Å². The summed E-state index contributed by atoms with van der Waals surface area (Å²) in [4.78, 5) is 17.2. The van der Waals surface area contributed by atoms with Gasteiger partial charge in [-0.3, -0.25) is 4.79 Å². The van der Waals surface area contributed by atoms with Gasteiger partial charge in [0, 0.05) is 23.8 Å². The first-order chi connectivity index (χ1) is 8.31. The number of nitrogens with one attached hydrogen (secondary N) is 1. The number of rotatable bonds is 5. The highest BCUT2D eigenvalue weighted by Gasteiger charge is 2.03. The molecule has 1 N–H and O–H groups in total. The fourth-order valence-electron chi connectivity index (χ4n) is 1.57. The standard InChI is InChI=1S/C12H15N3OS/c1-2-6-15-7-5-13-11(12(15)16)14-9-10-4-3-8-17-10/h3-5,7-8H,2,6,9H2,1H3,(H,13,14). The SMILES string of the molecule is CCCn1ccnc(NCc2cccs2)c1=O. The molecule has 0 radical (unpaired) electrons. The van der Waals surface area contributed by atoms with Crippen LogP contribution in [0.3, 0.4) is 0 Å². The number of hydrogen-bond acceptors (Lipinski definition) is 4. The predicted molar refractivity (Wildman–Crippen MR) is 70.4 cm³/mol. The van der Waals surface area contributed by atoms with Crippen molar-refractivity contribution in [3.05, 3.63) is 45.1 Å². The first kappa shape index (κ1) is 11.9. The number of aromatic nitrogens is 2. The van der Waals surface area contributed by atoms with Crippen LogP contribution in [0.5, 0.6) is 0 Å². The van der Waals surface area contributed by atoms with E-state index in [1.807, 2.05) is 24.4 Å². The third-order valence-electron chi connectivity index (χ3n) is 2.39. The Hall–Kier alpha value is -1.62. The second-order valence-electron chi connectivity index (χ2n) is 3.71. The smallest absolute Gasteiger partial charge is 0.293 e. The summed E-state index contributed by atoms with van der Waals surface area (Å²) < 4.78 is 1.68. The number of hydrogen-bond donors (Lipinski definition) is 1. The lowest BCUT2D eigenvalue weighted by Gasteiger charge is -2.07. The molecule has 0 amide bonds. The van der Waals surface area contributed by atoms with E-state index >= 15 is 0 Å². The second kappa shape index (κ2) is 5.63. The maximum Gasteiger partial charge on any atom is 0.293 e. The van der Waals surface area contributed by atoms with Gasteiger partial charge < -0.3 is 9.88 Å². The molecule has 5 heteroatoms. The van der Waals surface area contributed by atoms with Gasteiger partial charge in [0.2, 0.25) is 0 Å². The second-order valence-corrected chi connectivity index (χ2v) is 4.74. The summed E-state index contributed by atoms with van der Waals surface area (Å²) in [5.74, 6) is 0.425. The first-order valence-electron chi connectivity index (χ1n) is 5.63. The molecule has 0 saturated heterocycles. The van der Waals surface area contributed by atoms with Crippen molar-refractivity contribution >= 4 is 17.2 Å². The molecule has 2 aromatic heterocycles. The zero-order valence-electron chi connectivity index (χ0n) is 9.72. The van der Waals surface area contributed by atoms with E-state index in [9.17, 15) is 4.79 Å². The molecule has 0 aromatic carbocycles. The zero-order valence-corrected chi connectivity index (χ0v) is 10.5. The average Bonchev–Trinajstić information content (AvgIpc) is 2.83. The van der Waals surface area contributed by atoms with E-state index in [1.165, 1.54) is 4.88 Å². The van der Waals surface area contributed by atoms with Crippen LogP contribution in [0.1, 0.15) is 18.2 Å². The van der Waals surface area contributed by atoms with Gasteiger partial charge in [0.25, 0.3) is 5.56 Å². The van der Waals surface area contributed by atoms with Crippen LogP contribution >= 0.6 is 11.3 Å². The van der Waals surface area contributed by atoms with Crippen molar-refractivity contribution in [2.45, 2.75) is 26.4 Å². The third kappa shape index (κ3) is 2.94. The van der Waals surface area contributed by atoms with Crippen LogP contribution in [-0.2, 0) is 13.1 Å². The van der Waals surface area contributed by atoms with Gasteiger partial charge in [-0.2, -0.15) is 0 Å². The molecule has 0 aliphatic heterocycles. The minimum absolute atomic E-state index is 0.0501. The largest absolute Gasteiger partial charge is 0.361 e. The molecule has 0 unspecified atom stereocenters. The van der Waals surface area contributed by atoms with Crippen LogP contribution in [0, 0.1) is 0 Å². The highest BCUT2D eigenvalue weighted by atomic mass is 32.1.